The van der Waals surface area contributed by atoms with Crippen molar-refractivity contribution in [2.24, 2.45) is 11.8 Å². The molecule has 1 aromatic heterocycles. The highest BCUT2D eigenvalue weighted by Gasteiger charge is 2.75. The number of para-hydroxylation sites is 1. The average molecular weight is 743 g/mol. The fraction of sp³-hybridized carbons (Fsp3) is 0.500. The van der Waals surface area contributed by atoms with Gasteiger partial charge in [-0.1, -0.05) is 59.8 Å². The van der Waals surface area contributed by atoms with Crippen LogP contribution in [0.5, 0.6) is 0 Å². The highest BCUT2D eigenvalue weighted by Crippen LogP contribution is 2.59. The van der Waals surface area contributed by atoms with E-state index < -0.39 is 47.7 Å². The summed E-state index contributed by atoms with van der Waals surface area (Å²) in [7, 11) is 1.50. The summed E-state index contributed by atoms with van der Waals surface area (Å²) in [6, 6.07) is 14.8. The Morgan fingerprint density at radius 3 is 2.63 bits per heavy atom. The minimum atomic E-state index is -1.27. The number of carbonyl (C=O) groups excluding carboxylic acids is 4. The molecule has 3 saturated heterocycles. The molecule has 7 atom stereocenters. The maximum absolute atomic E-state index is 14.9. The van der Waals surface area contributed by atoms with E-state index in [4.69, 9.17) is 14.2 Å². The van der Waals surface area contributed by atoms with E-state index in [2.05, 4.69) is 28.8 Å². The number of methoxy groups -OCH3 is 1. The second kappa shape index (κ2) is 17.5. The molecular weight excluding hydrogens is 692 g/mol. The lowest BCUT2D eigenvalue weighted by Crippen LogP contribution is -2.56. The van der Waals surface area contributed by atoms with E-state index in [1.165, 1.54) is 7.11 Å². The second-order valence-electron chi connectivity index (χ2n) is 14.2. The lowest BCUT2D eigenvalue weighted by atomic mass is 9.70. The number of amides is 3. The maximum Gasteiger partial charge on any atom is 0.313 e. The van der Waals surface area contributed by atoms with Gasteiger partial charge in [0.25, 0.3) is 0 Å². The first-order valence-electron chi connectivity index (χ1n) is 18.7. The molecule has 6 rings (SSSR count). The van der Waals surface area contributed by atoms with Crippen LogP contribution >= 0.6 is 0 Å². The first-order valence-corrected chi connectivity index (χ1v) is 18.7. The zero-order chi connectivity index (χ0) is 38.2. The zero-order valence-corrected chi connectivity index (χ0v) is 30.8. The standard InChI is InChI=1S/C40H50N6O8/c1-4-6-19-32(48)41-29(25-52-3)35(27-15-9-7-10-16-27)53-39(51)33-31-20-21-40(54-31)34(33)37(49)45(23-13-8-14-24-47)36(40)38(50)44(22-5-2)26-46-30-18-12-11-17-28(30)42-43-46/h4-5,7,9-12,15-18,29,31,33-36,47H,1-2,6,8,13-14,19-26H2,3H3,(H,41,48)/t29-,31-,33+,34+,35-,36-,40+/m1/s1. The van der Waals surface area contributed by atoms with Gasteiger partial charge in [-0.3, -0.25) is 19.2 Å². The lowest BCUT2D eigenvalue weighted by Gasteiger charge is -2.36. The Bertz CT molecular complexity index is 1820. The average Bonchev–Trinajstić information content (AvgIpc) is 3.94. The first kappa shape index (κ1) is 38.8. The molecule has 54 heavy (non-hydrogen) atoms. The number of rotatable bonds is 20. The van der Waals surface area contributed by atoms with Crippen LogP contribution in [0, 0.1) is 11.8 Å². The summed E-state index contributed by atoms with van der Waals surface area (Å²) in [6.45, 7) is 8.13. The minimum absolute atomic E-state index is 0.0158. The number of fused-ring (bicyclic) bond motifs is 2. The molecule has 14 heteroatoms. The molecule has 3 aromatic rings. The van der Waals surface area contributed by atoms with Crippen molar-refractivity contribution in [1.29, 1.82) is 0 Å². The summed E-state index contributed by atoms with van der Waals surface area (Å²) >= 11 is 0. The van der Waals surface area contributed by atoms with Gasteiger partial charge >= 0.3 is 5.97 Å². The van der Waals surface area contributed by atoms with E-state index >= 15 is 0 Å². The van der Waals surface area contributed by atoms with E-state index in [-0.39, 0.29) is 57.1 Å². The number of hydrogen-bond acceptors (Lipinski definition) is 10. The third-order valence-electron chi connectivity index (χ3n) is 10.8. The van der Waals surface area contributed by atoms with Crippen LogP contribution < -0.4 is 5.32 Å². The Morgan fingerprint density at radius 2 is 1.89 bits per heavy atom. The third kappa shape index (κ3) is 7.68. The SMILES string of the molecule is C=CCCC(=O)N[C@H](COC)[C@H](OC(=O)[C@@H]1[C@H]2C(=O)N(CCCCCO)[C@H](C(=O)N(CC=C)Cn3nnc4ccccc43)[C@]23CC[C@H]1O3)c1ccccc1. The van der Waals surface area contributed by atoms with Gasteiger partial charge in [0.05, 0.1) is 36.1 Å². The van der Waals surface area contributed by atoms with Gasteiger partial charge in [0, 0.05) is 33.2 Å². The number of benzene rings is 2. The van der Waals surface area contributed by atoms with Gasteiger partial charge in [-0.25, -0.2) is 4.68 Å². The van der Waals surface area contributed by atoms with Crippen molar-refractivity contribution >= 4 is 34.7 Å². The van der Waals surface area contributed by atoms with Gasteiger partial charge < -0.3 is 34.4 Å². The van der Waals surface area contributed by atoms with Crippen LogP contribution in [0.2, 0.25) is 0 Å². The molecule has 1 spiro atoms. The van der Waals surface area contributed by atoms with Gasteiger partial charge in [-0.2, -0.15) is 0 Å². The van der Waals surface area contributed by atoms with Crippen LogP contribution in [-0.4, -0.2) is 111 Å². The van der Waals surface area contributed by atoms with E-state index in [0.717, 1.165) is 5.52 Å². The molecule has 2 N–H and O–H groups in total. The number of ether oxygens (including phenoxy) is 3. The number of aliphatic hydroxyl groups excluding tert-OH is 1. The maximum atomic E-state index is 14.9. The number of carbonyl (C=O) groups is 4. The first-order chi connectivity index (χ1) is 26.3. The molecule has 3 aliphatic rings. The number of esters is 1. The fourth-order valence-electron chi connectivity index (χ4n) is 8.37. The summed E-state index contributed by atoms with van der Waals surface area (Å²) in [5.41, 5.74) is 0.806. The molecule has 3 aliphatic heterocycles. The van der Waals surface area contributed by atoms with Gasteiger partial charge in [0.1, 0.15) is 29.9 Å². The number of nitrogens with zero attached hydrogens (tertiary/aromatic N) is 5. The Balaban J connectivity index is 1.31. The molecular formula is C40H50N6O8. The van der Waals surface area contributed by atoms with Gasteiger partial charge in [-0.05, 0) is 56.2 Å². The third-order valence-corrected chi connectivity index (χ3v) is 10.8. The molecule has 2 bridgehead atoms. The number of nitrogens with one attached hydrogen (secondary N) is 1. The molecule has 14 nitrogen and oxygen atoms in total. The van der Waals surface area contributed by atoms with Crippen LogP contribution in [0.3, 0.4) is 0 Å². The Labute approximate surface area is 315 Å². The van der Waals surface area contributed by atoms with Gasteiger partial charge in [0.15, 0.2) is 0 Å². The van der Waals surface area contributed by atoms with Crippen molar-refractivity contribution in [1.82, 2.24) is 30.1 Å². The molecule has 0 unspecified atom stereocenters. The van der Waals surface area contributed by atoms with Crippen molar-refractivity contribution in [2.75, 3.05) is 33.4 Å². The molecule has 0 radical (unpaired) electrons. The van der Waals surface area contributed by atoms with Crippen molar-refractivity contribution in [3.8, 4) is 0 Å². The van der Waals surface area contributed by atoms with E-state index in [1.54, 1.807) is 26.6 Å². The monoisotopic (exact) mass is 742 g/mol. The number of unbranched alkanes of at least 4 members (excludes halogenated alkanes) is 2. The van der Waals surface area contributed by atoms with Crippen LogP contribution in [-0.2, 0) is 40.1 Å². The number of allylic oxidation sites excluding steroid dienone is 1. The highest BCUT2D eigenvalue weighted by molar-refractivity contribution is 5.98. The molecule has 0 saturated carbocycles. The van der Waals surface area contributed by atoms with Crippen molar-refractivity contribution < 1.29 is 38.5 Å². The number of hydrogen-bond donors (Lipinski definition) is 2. The molecule has 288 valence electrons. The number of aromatic nitrogens is 3. The predicted octanol–water partition coefficient (Wildman–Crippen LogP) is 3.32. The number of aliphatic hydroxyl groups is 1. The topological polar surface area (TPSA) is 165 Å². The van der Waals surface area contributed by atoms with Crippen molar-refractivity contribution in [3.63, 3.8) is 0 Å². The lowest BCUT2D eigenvalue weighted by molar-refractivity contribution is -0.163. The van der Waals surface area contributed by atoms with Crippen LogP contribution in [0.25, 0.3) is 11.0 Å². The summed E-state index contributed by atoms with van der Waals surface area (Å²) in [6.07, 6.45) is 4.98. The molecule has 3 amide bonds. The fourth-order valence-corrected chi connectivity index (χ4v) is 8.37. The van der Waals surface area contributed by atoms with E-state index in [9.17, 15) is 24.3 Å². The van der Waals surface area contributed by atoms with Gasteiger partial charge in [-0.15, -0.1) is 18.3 Å². The van der Waals surface area contributed by atoms with Gasteiger partial charge in [0.2, 0.25) is 17.7 Å². The quantitative estimate of drug-likeness (QED) is 0.0997. The van der Waals surface area contributed by atoms with Crippen molar-refractivity contribution in [2.45, 2.75) is 81.5 Å². The minimum Gasteiger partial charge on any atom is -0.455 e. The molecule has 4 heterocycles. The molecule has 2 aromatic carbocycles. The van der Waals surface area contributed by atoms with Crippen LogP contribution in [0.15, 0.2) is 79.9 Å². The summed E-state index contributed by atoms with van der Waals surface area (Å²) in [4.78, 5) is 60.1. The van der Waals surface area contributed by atoms with Crippen molar-refractivity contribution in [3.05, 3.63) is 85.5 Å². The summed E-state index contributed by atoms with van der Waals surface area (Å²) in [5.74, 6) is -3.51. The van der Waals surface area contributed by atoms with Crippen LogP contribution in [0.4, 0.5) is 0 Å². The number of likely N-dealkylation sites (tertiary alicyclic amines) is 1. The molecule has 0 aliphatic carbocycles. The second-order valence-corrected chi connectivity index (χ2v) is 14.2. The smallest absolute Gasteiger partial charge is 0.313 e. The predicted molar refractivity (Wildman–Crippen MR) is 198 cm³/mol. The van der Waals surface area contributed by atoms with Crippen LogP contribution in [0.1, 0.15) is 56.6 Å². The zero-order valence-electron chi connectivity index (χ0n) is 30.8. The Hall–Kier alpha value is -4.92. The van der Waals surface area contributed by atoms with E-state index in [0.29, 0.717) is 49.6 Å². The summed E-state index contributed by atoms with van der Waals surface area (Å²) in [5, 5.41) is 20.9. The highest BCUT2D eigenvalue weighted by atomic mass is 16.6. The normalized spacial score (nSPS) is 23.9. The summed E-state index contributed by atoms with van der Waals surface area (Å²) < 4.78 is 20.1. The largest absolute Gasteiger partial charge is 0.455 e. The Morgan fingerprint density at radius 1 is 1.11 bits per heavy atom. The Kier molecular flexibility index (Phi) is 12.6. The molecule has 3 fully saturated rings. The van der Waals surface area contributed by atoms with E-state index in [1.807, 2.05) is 54.6 Å².